The first kappa shape index (κ1) is 15.4. The van der Waals surface area contributed by atoms with Gasteiger partial charge in [-0.3, -0.25) is 0 Å². The minimum absolute atomic E-state index is 0.157. The monoisotopic (exact) mass is 285 g/mol. The molecule has 0 saturated heterocycles. The van der Waals surface area contributed by atoms with Crippen LogP contribution in [0.1, 0.15) is 49.8 Å². The second kappa shape index (κ2) is 6.17. The average Bonchev–Trinajstić information content (AvgIpc) is 2.41. The highest BCUT2D eigenvalue weighted by Gasteiger charge is 2.31. The number of benzene rings is 1. The molecular formula is C16H22F3N. The van der Waals surface area contributed by atoms with Gasteiger partial charge in [0.05, 0.1) is 5.56 Å². The average molecular weight is 285 g/mol. The summed E-state index contributed by atoms with van der Waals surface area (Å²) in [5.74, 6) is 1.30. The van der Waals surface area contributed by atoms with Crippen molar-refractivity contribution in [2.24, 2.45) is 11.8 Å². The summed E-state index contributed by atoms with van der Waals surface area (Å²) in [6, 6.07) is 5.75. The van der Waals surface area contributed by atoms with Crippen LogP contribution in [-0.4, -0.2) is 7.05 Å². The van der Waals surface area contributed by atoms with Crippen molar-refractivity contribution < 1.29 is 13.2 Å². The molecule has 1 aliphatic carbocycles. The molecule has 112 valence electrons. The lowest BCUT2D eigenvalue weighted by Gasteiger charge is -2.33. The molecule has 0 amide bonds. The van der Waals surface area contributed by atoms with Crippen LogP contribution in [0.25, 0.3) is 0 Å². The second-order valence-electron chi connectivity index (χ2n) is 5.91. The Morgan fingerprint density at radius 1 is 1.05 bits per heavy atom. The smallest absolute Gasteiger partial charge is 0.313 e. The van der Waals surface area contributed by atoms with Crippen molar-refractivity contribution in [1.29, 1.82) is 0 Å². The van der Waals surface area contributed by atoms with E-state index in [4.69, 9.17) is 0 Å². The summed E-state index contributed by atoms with van der Waals surface area (Å²) in [6.45, 7) is 2.27. The summed E-state index contributed by atoms with van der Waals surface area (Å²) in [7, 11) is 1.89. The molecule has 0 aliphatic heterocycles. The summed E-state index contributed by atoms with van der Waals surface area (Å²) >= 11 is 0. The predicted molar refractivity (Wildman–Crippen MR) is 74.4 cm³/mol. The molecule has 0 heterocycles. The van der Waals surface area contributed by atoms with E-state index in [2.05, 4.69) is 12.2 Å². The number of hydrogen-bond acceptors (Lipinski definition) is 1. The van der Waals surface area contributed by atoms with Gasteiger partial charge in [0.1, 0.15) is 0 Å². The van der Waals surface area contributed by atoms with Gasteiger partial charge >= 0.3 is 6.18 Å². The van der Waals surface area contributed by atoms with Crippen LogP contribution in [0.3, 0.4) is 0 Å². The third-order valence-electron chi connectivity index (χ3n) is 4.44. The molecular weight excluding hydrogens is 263 g/mol. The first-order valence-corrected chi connectivity index (χ1v) is 7.26. The number of nitrogens with one attached hydrogen (secondary N) is 1. The maximum atomic E-state index is 12.6. The van der Waals surface area contributed by atoms with Crippen molar-refractivity contribution in [1.82, 2.24) is 5.32 Å². The van der Waals surface area contributed by atoms with Crippen LogP contribution in [0.15, 0.2) is 24.3 Å². The highest BCUT2D eigenvalue weighted by molar-refractivity contribution is 5.27. The molecule has 1 unspecified atom stereocenters. The van der Waals surface area contributed by atoms with Crippen molar-refractivity contribution in [3.05, 3.63) is 35.4 Å². The topological polar surface area (TPSA) is 12.0 Å². The maximum Gasteiger partial charge on any atom is 0.416 e. The van der Waals surface area contributed by atoms with Gasteiger partial charge in [-0.2, -0.15) is 13.2 Å². The van der Waals surface area contributed by atoms with Gasteiger partial charge < -0.3 is 5.32 Å². The summed E-state index contributed by atoms with van der Waals surface area (Å²) in [6.07, 6.45) is 0.461. The zero-order valence-corrected chi connectivity index (χ0v) is 12.0. The van der Waals surface area contributed by atoms with Crippen molar-refractivity contribution in [3.8, 4) is 0 Å². The molecule has 1 nitrogen and oxygen atoms in total. The SMILES string of the molecule is CNC(c1ccc(C(F)(F)F)cc1)C1CCC(C)CC1. The van der Waals surface area contributed by atoms with E-state index in [9.17, 15) is 13.2 Å². The molecule has 0 bridgehead atoms. The molecule has 0 spiro atoms. The van der Waals surface area contributed by atoms with Crippen molar-refractivity contribution >= 4 is 0 Å². The lowest BCUT2D eigenvalue weighted by atomic mass is 9.77. The quantitative estimate of drug-likeness (QED) is 0.841. The third-order valence-corrected chi connectivity index (χ3v) is 4.44. The van der Waals surface area contributed by atoms with E-state index in [-0.39, 0.29) is 6.04 Å². The fourth-order valence-corrected chi connectivity index (χ4v) is 3.17. The summed E-state index contributed by atoms with van der Waals surface area (Å²) in [4.78, 5) is 0. The van der Waals surface area contributed by atoms with Gasteiger partial charge in [0.25, 0.3) is 0 Å². The Balaban J connectivity index is 2.11. The predicted octanol–water partition coefficient (Wildman–Crippen LogP) is 4.79. The van der Waals surface area contributed by atoms with E-state index in [0.717, 1.165) is 24.3 Å². The largest absolute Gasteiger partial charge is 0.416 e. The van der Waals surface area contributed by atoms with Gasteiger partial charge in [-0.25, -0.2) is 0 Å². The maximum absolute atomic E-state index is 12.6. The Labute approximate surface area is 118 Å². The molecule has 20 heavy (non-hydrogen) atoms. The van der Waals surface area contributed by atoms with Crippen LogP contribution in [0, 0.1) is 11.8 Å². The minimum atomic E-state index is -4.26. The van der Waals surface area contributed by atoms with Crippen molar-refractivity contribution in [3.63, 3.8) is 0 Å². The summed E-state index contributed by atoms with van der Waals surface area (Å²) in [5.41, 5.74) is 0.383. The zero-order valence-electron chi connectivity index (χ0n) is 12.0. The molecule has 1 saturated carbocycles. The fraction of sp³-hybridized carbons (Fsp3) is 0.625. The van der Waals surface area contributed by atoms with Crippen LogP contribution < -0.4 is 5.32 Å². The fourth-order valence-electron chi connectivity index (χ4n) is 3.17. The van der Waals surface area contributed by atoms with Crippen LogP contribution in [0.5, 0.6) is 0 Å². The van der Waals surface area contributed by atoms with Crippen molar-refractivity contribution in [2.75, 3.05) is 7.05 Å². The first-order valence-electron chi connectivity index (χ1n) is 7.26. The van der Waals surface area contributed by atoms with E-state index in [1.54, 1.807) is 12.1 Å². The molecule has 1 fully saturated rings. The highest BCUT2D eigenvalue weighted by atomic mass is 19.4. The summed E-state index contributed by atoms with van der Waals surface area (Å²) < 4.78 is 37.8. The van der Waals surface area contributed by atoms with Gasteiger partial charge in [0.15, 0.2) is 0 Å². The minimum Gasteiger partial charge on any atom is -0.313 e. The molecule has 0 aromatic heterocycles. The van der Waals surface area contributed by atoms with Crippen LogP contribution in [-0.2, 0) is 6.18 Å². The molecule has 1 aromatic rings. The van der Waals surface area contributed by atoms with E-state index in [0.29, 0.717) is 5.92 Å². The first-order chi connectivity index (χ1) is 9.41. The Hall–Kier alpha value is -1.03. The summed E-state index contributed by atoms with van der Waals surface area (Å²) in [5, 5.41) is 3.28. The van der Waals surface area contributed by atoms with Crippen LogP contribution in [0.2, 0.25) is 0 Å². The van der Waals surface area contributed by atoms with Crippen molar-refractivity contribution in [2.45, 2.75) is 44.8 Å². The zero-order chi connectivity index (χ0) is 14.8. The molecule has 1 atom stereocenters. The molecule has 1 aliphatic rings. The van der Waals surface area contributed by atoms with Gasteiger partial charge in [0.2, 0.25) is 0 Å². The van der Waals surface area contributed by atoms with Gasteiger partial charge in [-0.05, 0) is 49.4 Å². The normalized spacial score (nSPS) is 25.4. The molecule has 4 heteroatoms. The lowest BCUT2D eigenvalue weighted by Crippen LogP contribution is -2.28. The molecule has 1 aromatic carbocycles. The van der Waals surface area contributed by atoms with Gasteiger partial charge in [-0.1, -0.05) is 31.9 Å². The van der Waals surface area contributed by atoms with E-state index in [1.807, 2.05) is 7.05 Å². The number of alkyl halides is 3. The number of rotatable bonds is 3. The van der Waals surface area contributed by atoms with E-state index in [1.165, 1.54) is 25.0 Å². The molecule has 2 rings (SSSR count). The number of halogens is 3. The highest BCUT2D eigenvalue weighted by Crippen LogP contribution is 2.37. The van der Waals surface area contributed by atoms with Crippen LogP contribution >= 0.6 is 0 Å². The molecule has 1 N–H and O–H groups in total. The Morgan fingerprint density at radius 2 is 1.60 bits per heavy atom. The van der Waals surface area contributed by atoms with E-state index >= 15 is 0 Å². The Bertz CT molecular complexity index is 416. The molecule has 0 radical (unpaired) electrons. The number of hydrogen-bond donors (Lipinski definition) is 1. The third kappa shape index (κ3) is 3.54. The van der Waals surface area contributed by atoms with Crippen LogP contribution in [0.4, 0.5) is 13.2 Å². The van der Waals surface area contributed by atoms with Gasteiger partial charge in [-0.15, -0.1) is 0 Å². The van der Waals surface area contributed by atoms with E-state index < -0.39 is 11.7 Å². The van der Waals surface area contributed by atoms with Gasteiger partial charge in [0, 0.05) is 6.04 Å². The Kier molecular flexibility index (Phi) is 4.74. The second-order valence-corrected chi connectivity index (χ2v) is 5.91. The lowest BCUT2D eigenvalue weighted by molar-refractivity contribution is -0.137. The Morgan fingerprint density at radius 3 is 2.05 bits per heavy atom. The standard InChI is InChI=1S/C16H22F3N/c1-11-3-5-12(6-4-11)15(20-2)13-7-9-14(10-8-13)16(17,18)19/h7-12,15,20H,3-6H2,1-2H3.